The molecular formula is C24H30N4O3. The van der Waals surface area contributed by atoms with Crippen LogP contribution in [-0.2, 0) is 16.7 Å². The average molecular weight is 423 g/mol. The number of ether oxygens (including phenoxy) is 1. The van der Waals surface area contributed by atoms with Crippen molar-refractivity contribution >= 4 is 12.0 Å². The Labute approximate surface area is 183 Å². The molecule has 2 saturated heterocycles. The molecule has 2 atom stereocenters. The van der Waals surface area contributed by atoms with Crippen molar-refractivity contribution in [2.24, 2.45) is 0 Å². The molecule has 0 bridgehead atoms. The molecule has 2 fully saturated rings. The van der Waals surface area contributed by atoms with Crippen molar-refractivity contribution in [2.45, 2.75) is 70.7 Å². The minimum atomic E-state index is -0.262. The highest BCUT2D eigenvalue weighted by Crippen LogP contribution is 2.44. The van der Waals surface area contributed by atoms with E-state index in [1.165, 1.54) is 11.1 Å². The van der Waals surface area contributed by atoms with Crippen LogP contribution in [0.4, 0.5) is 4.79 Å². The number of carbonyl (C=O) groups is 2. The Balaban J connectivity index is 1.31. The number of rotatable bonds is 2. The number of aromatic nitrogens is 2. The van der Waals surface area contributed by atoms with Gasteiger partial charge in [-0.05, 0) is 57.7 Å². The number of benzene rings is 1. The van der Waals surface area contributed by atoms with Gasteiger partial charge in [0.2, 0.25) is 0 Å². The van der Waals surface area contributed by atoms with Crippen molar-refractivity contribution in [3.8, 4) is 0 Å². The fourth-order valence-electron chi connectivity index (χ4n) is 5.32. The van der Waals surface area contributed by atoms with Crippen LogP contribution < -0.4 is 0 Å². The van der Waals surface area contributed by atoms with E-state index in [1.807, 2.05) is 39.6 Å². The van der Waals surface area contributed by atoms with Gasteiger partial charge in [0.15, 0.2) is 0 Å². The number of hydrogen-bond donors (Lipinski definition) is 0. The van der Waals surface area contributed by atoms with Gasteiger partial charge in [0.05, 0.1) is 17.3 Å². The summed E-state index contributed by atoms with van der Waals surface area (Å²) < 4.78 is 7.56. The molecule has 2 unspecified atom stereocenters. The summed E-state index contributed by atoms with van der Waals surface area (Å²) in [6.07, 6.45) is 2.00. The SMILES string of the molecule is Cc1cc(C(=O)N2CCC(N3C(=O)OC4Cc5ccccc5C43)CC2)n(C(C)(C)C)n1. The van der Waals surface area contributed by atoms with E-state index in [2.05, 4.69) is 38.0 Å². The highest BCUT2D eigenvalue weighted by molar-refractivity contribution is 5.93. The smallest absolute Gasteiger partial charge is 0.411 e. The number of nitrogens with zero attached hydrogens (tertiary/aromatic N) is 4. The molecule has 5 rings (SSSR count). The fourth-order valence-corrected chi connectivity index (χ4v) is 5.32. The van der Waals surface area contributed by atoms with Crippen LogP contribution >= 0.6 is 0 Å². The molecule has 3 heterocycles. The summed E-state index contributed by atoms with van der Waals surface area (Å²) in [4.78, 5) is 29.8. The van der Waals surface area contributed by atoms with Crippen molar-refractivity contribution in [3.05, 3.63) is 52.8 Å². The maximum absolute atomic E-state index is 13.3. The average Bonchev–Trinajstić information content (AvgIpc) is 3.38. The van der Waals surface area contributed by atoms with E-state index in [1.54, 1.807) is 0 Å². The molecular weight excluding hydrogens is 392 g/mol. The van der Waals surface area contributed by atoms with E-state index in [0.29, 0.717) is 18.8 Å². The molecule has 7 nitrogen and oxygen atoms in total. The van der Waals surface area contributed by atoms with Gasteiger partial charge in [-0.25, -0.2) is 4.79 Å². The number of aryl methyl sites for hydroxylation is 1. The molecule has 1 aromatic heterocycles. The van der Waals surface area contributed by atoms with E-state index >= 15 is 0 Å². The van der Waals surface area contributed by atoms with Gasteiger partial charge >= 0.3 is 6.09 Å². The Morgan fingerprint density at radius 1 is 1.16 bits per heavy atom. The van der Waals surface area contributed by atoms with Crippen LogP contribution in [0.25, 0.3) is 0 Å². The number of likely N-dealkylation sites (tertiary alicyclic amines) is 1. The number of piperidine rings is 1. The summed E-state index contributed by atoms with van der Waals surface area (Å²) in [7, 11) is 0. The Morgan fingerprint density at radius 3 is 2.58 bits per heavy atom. The number of hydrogen-bond acceptors (Lipinski definition) is 4. The lowest BCUT2D eigenvalue weighted by Crippen LogP contribution is -2.48. The van der Waals surface area contributed by atoms with Crippen LogP contribution in [0.1, 0.15) is 67.0 Å². The van der Waals surface area contributed by atoms with Gasteiger partial charge in [-0.2, -0.15) is 5.10 Å². The van der Waals surface area contributed by atoms with Crippen molar-refractivity contribution < 1.29 is 14.3 Å². The molecule has 2 aromatic rings. The van der Waals surface area contributed by atoms with Crippen molar-refractivity contribution in [1.82, 2.24) is 19.6 Å². The molecule has 7 heteroatoms. The third kappa shape index (κ3) is 3.30. The lowest BCUT2D eigenvalue weighted by molar-refractivity contribution is 0.0617. The van der Waals surface area contributed by atoms with Gasteiger partial charge in [-0.3, -0.25) is 14.4 Å². The Hall–Kier alpha value is -2.83. The van der Waals surface area contributed by atoms with Gasteiger partial charge in [0, 0.05) is 25.6 Å². The lowest BCUT2D eigenvalue weighted by Gasteiger charge is -2.38. The van der Waals surface area contributed by atoms with Gasteiger partial charge in [0.1, 0.15) is 11.8 Å². The summed E-state index contributed by atoms with van der Waals surface area (Å²) in [5.74, 6) is 0.0158. The Bertz CT molecular complexity index is 1030. The van der Waals surface area contributed by atoms with Gasteiger partial charge in [0.25, 0.3) is 5.91 Å². The maximum atomic E-state index is 13.3. The Morgan fingerprint density at radius 2 is 1.87 bits per heavy atom. The number of amides is 2. The summed E-state index contributed by atoms with van der Waals surface area (Å²) >= 11 is 0. The molecule has 0 radical (unpaired) electrons. The van der Waals surface area contributed by atoms with E-state index in [9.17, 15) is 9.59 Å². The first-order valence-electron chi connectivity index (χ1n) is 11.2. The number of carbonyl (C=O) groups excluding carboxylic acids is 2. The normalized spacial score (nSPS) is 23.7. The topological polar surface area (TPSA) is 67.7 Å². The van der Waals surface area contributed by atoms with E-state index in [0.717, 1.165) is 25.0 Å². The molecule has 3 aliphatic rings. The molecule has 0 N–H and O–H groups in total. The third-order valence-electron chi connectivity index (χ3n) is 6.74. The lowest BCUT2D eigenvalue weighted by atomic mass is 9.99. The minimum Gasteiger partial charge on any atom is -0.443 e. The first-order valence-corrected chi connectivity index (χ1v) is 11.2. The van der Waals surface area contributed by atoms with Crippen LogP contribution in [0.3, 0.4) is 0 Å². The third-order valence-corrected chi connectivity index (χ3v) is 6.74. The van der Waals surface area contributed by atoms with Crippen molar-refractivity contribution in [3.63, 3.8) is 0 Å². The van der Waals surface area contributed by atoms with Crippen LogP contribution in [0.15, 0.2) is 30.3 Å². The number of fused-ring (bicyclic) bond motifs is 3. The summed E-state index contributed by atoms with van der Waals surface area (Å²) in [5, 5.41) is 4.54. The largest absolute Gasteiger partial charge is 0.443 e. The van der Waals surface area contributed by atoms with Crippen LogP contribution in [0.2, 0.25) is 0 Å². The second-order valence-electron chi connectivity index (χ2n) is 9.95. The quantitative estimate of drug-likeness (QED) is 0.741. The van der Waals surface area contributed by atoms with E-state index < -0.39 is 0 Å². The van der Waals surface area contributed by atoms with Crippen LogP contribution in [0.5, 0.6) is 0 Å². The molecule has 1 aromatic carbocycles. The molecule has 2 amide bonds. The maximum Gasteiger partial charge on any atom is 0.411 e. The minimum absolute atomic E-state index is 0.000855. The highest BCUT2D eigenvalue weighted by Gasteiger charge is 2.50. The molecule has 0 saturated carbocycles. The van der Waals surface area contributed by atoms with Gasteiger partial charge in [-0.1, -0.05) is 24.3 Å². The second kappa shape index (κ2) is 7.11. The van der Waals surface area contributed by atoms with Crippen molar-refractivity contribution in [2.75, 3.05) is 13.1 Å². The van der Waals surface area contributed by atoms with Crippen LogP contribution in [0, 0.1) is 6.92 Å². The molecule has 1 aliphatic carbocycles. The van der Waals surface area contributed by atoms with Crippen LogP contribution in [-0.4, -0.2) is 56.8 Å². The molecule has 31 heavy (non-hydrogen) atoms. The summed E-state index contributed by atoms with van der Waals surface area (Å²) in [6, 6.07) is 10.3. The van der Waals surface area contributed by atoms with Gasteiger partial charge in [-0.15, -0.1) is 0 Å². The van der Waals surface area contributed by atoms with E-state index in [4.69, 9.17) is 4.74 Å². The standard InChI is InChI=1S/C24H30N4O3/c1-15-13-19(28(25-15)24(2,3)4)22(29)26-11-9-17(10-12-26)27-21-18-8-6-5-7-16(18)14-20(21)31-23(27)30/h5-8,13,17,20-21H,9-12,14H2,1-4H3. The summed E-state index contributed by atoms with van der Waals surface area (Å²) in [5.41, 5.74) is 3.70. The zero-order valence-electron chi connectivity index (χ0n) is 18.7. The van der Waals surface area contributed by atoms with Gasteiger partial charge < -0.3 is 9.64 Å². The molecule has 2 aliphatic heterocycles. The zero-order chi connectivity index (χ0) is 21.9. The predicted octanol–water partition coefficient (Wildman–Crippen LogP) is 3.67. The monoisotopic (exact) mass is 422 g/mol. The second-order valence-corrected chi connectivity index (χ2v) is 9.95. The molecule has 0 spiro atoms. The Kier molecular flexibility index (Phi) is 4.61. The highest BCUT2D eigenvalue weighted by atomic mass is 16.6. The van der Waals surface area contributed by atoms with E-state index in [-0.39, 0.29) is 35.7 Å². The fraction of sp³-hybridized carbons (Fsp3) is 0.542. The first kappa shape index (κ1) is 20.1. The predicted molar refractivity (Wildman–Crippen MR) is 116 cm³/mol. The first-order chi connectivity index (χ1) is 14.7. The zero-order valence-corrected chi connectivity index (χ0v) is 18.7. The summed E-state index contributed by atoms with van der Waals surface area (Å²) in [6.45, 7) is 9.33. The van der Waals surface area contributed by atoms with Crippen molar-refractivity contribution in [1.29, 1.82) is 0 Å². The molecule has 164 valence electrons.